The van der Waals surface area contributed by atoms with Crippen LogP contribution in [0.15, 0.2) is 6.20 Å². The van der Waals surface area contributed by atoms with E-state index in [0.29, 0.717) is 16.9 Å². The minimum atomic E-state index is -0.369. The second kappa shape index (κ2) is 4.74. The Labute approximate surface area is 100 Å². The topological polar surface area (TPSA) is 55.0 Å². The molecule has 1 rings (SSSR count). The van der Waals surface area contributed by atoms with E-state index in [1.54, 1.807) is 6.92 Å². The van der Waals surface area contributed by atoms with Crippen LogP contribution < -0.4 is 0 Å². The quantitative estimate of drug-likeness (QED) is 0.637. The lowest BCUT2D eigenvalue weighted by Crippen LogP contribution is -2.21. The molecule has 0 saturated carbocycles. The van der Waals surface area contributed by atoms with Gasteiger partial charge in [0, 0.05) is 17.3 Å². The lowest BCUT2D eigenvalue weighted by molar-refractivity contribution is 0.0522. The number of esters is 1. The minimum absolute atomic E-state index is 0.210. The Morgan fingerprint density at radius 2 is 2.19 bits per heavy atom. The van der Waals surface area contributed by atoms with Gasteiger partial charge in [-0.2, -0.15) is 0 Å². The Morgan fingerprint density at radius 1 is 1.56 bits per heavy atom. The molecule has 1 aromatic heterocycles. The SMILES string of the molecule is CCOC(=O)c1cnc(=S)[nH]c1C(C)(C)C. The molecule has 0 fully saturated rings. The highest BCUT2D eigenvalue weighted by Crippen LogP contribution is 2.23. The van der Waals surface area contributed by atoms with Gasteiger partial charge in [-0.05, 0) is 19.1 Å². The summed E-state index contributed by atoms with van der Waals surface area (Å²) in [5.74, 6) is -0.369. The predicted molar refractivity (Wildman–Crippen MR) is 64.1 cm³/mol. The lowest BCUT2D eigenvalue weighted by Gasteiger charge is -2.21. The molecule has 0 aliphatic carbocycles. The first-order valence-corrected chi connectivity index (χ1v) is 5.54. The average Bonchev–Trinajstić information content (AvgIpc) is 2.16. The van der Waals surface area contributed by atoms with Crippen molar-refractivity contribution >= 4 is 18.2 Å². The number of nitrogens with zero attached hydrogens (tertiary/aromatic N) is 1. The van der Waals surface area contributed by atoms with Crippen molar-refractivity contribution < 1.29 is 9.53 Å². The van der Waals surface area contributed by atoms with E-state index in [4.69, 9.17) is 17.0 Å². The van der Waals surface area contributed by atoms with E-state index in [1.165, 1.54) is 6.20 Å². The fourth-order valence-electron chi connectivity index (χ4n) is 1.35. The third-order valence-corrected chi connectivity index (χ3v) is 2.26. The van der Waals surface area contributed by atoms with Gasteiger partial charge >= 0.3 is 5.97 Å². The number of ether oxygens (including phenoxy) is 1. The van der Waals surface area contributed by atoms with Gasteiger partial charge in [0.15, 0.2) is 4.77 Å². The summed E-state index contributed by atoms with van der Waals surface area (Å²) in [6.45, 7) is 8.11. The molecule has 0 spiro atoms. The van der Waals surface area contributed by atoms with Crippen LogP contribution in [-0.4, -0.2) is 22.5 Å². The second-order valence-electron chi connectivity index (χ2n) is 4.45. The number of rotatable bonds is 2. The maximum atomic E-state index is 11.7. The fourth-order valence-corrected chi connectivity index (χ4v) is 1.50. The van der Waals surface area contributed by atoms with Crippen LogP contribution in [0.4, 0.5) is 0 Å². The lowest BCUT2D eigenvalue weighted by atomic mass is 9.89. The summed E-state index contributed by atoms with van der Waals surface area (Å²) in [6, 6.07) is 0. The van der Waals surface area contributed by atoms with Crippen LogP contribution in [0.3, 0.4) is 0 Å². The highest BCUT2D eigenvalue weighted by molar-refractivity contribution is 7.71. The second-order valence-corrected chi connectivity index (χ2v) is 4.83. The summed E-state index contributed by atoms with van der Waals surface area (Å²) >= 11 is 4.96. The molecule has 5 heteroatoms. The van der Waals surface area contributed by atoms with Gasteiger partial charge in [-0.1, -0.05) is 20.8 Å². The zero-order chi connectivity index (χ0) is 12.3. The number of carbonyl (C=O) groups excluding carboxylic acids is 1. The maximum absolute atomic E-state index is 11.7. The molecule has 0 radical (unpaired) electrons. The summed E-state index contributed by atoms with van der Waals surface area (Å²) in [6.07, 6.45) is 1.47. The first kappa shape index (κ1) is 12.8. The third kappa shape index (κ3) is 2.88. The smallest absolute Gasteiger partial charge is 0.341 e. The molecule has 1 aromatic rings. The Kier molecular flexibility index (Phi) is 3.80. The molecule has 88 valence electrons. The molecule has 1 N–H and O–H groups in total. The number of hydrogen-bond donors (Lipinski definition) is 1. The highest BCUT2D eigenvalue weighted by Gasteiger charge is 2.23. The normalized spacial score (nSPS) is 11.2. The van der Waals surface area contributed by atoms with Gasteiger partial charge in [-0.3, -0.25) is 0 Å². The monoisotopic (exact) mass is 240 g/mol. The average molecular weight is 240 g/mol. The summed E-state index contributed by atoms with van der Waals surface area (Å²) in [4.78, 5) is 18.6. The Bertz CT molecular complexity index is 446. The molecule has 0 aliphatic rings. The molecule has 1 heterocycles. The van der Waals surface area contributed by atoms with Crippen LogP contribution in [0.5, 0.6) is 0 Å². The Morgan fingerprint density at radius 3 is 2.69 bits per heavy atom. The zero-order valence-electron chi connectivity index (χ0n) is 9.96. The van der Waals surface area contributed by atoms with Gasteiger partial charge in [0.1, 0.15) is 0 Å². The Hall–Kier alpha value is -1.23. The first-order valence-electron chi connectivity index (χ1n) is 5.13. The van der Waals surface area contributed by atoms with E-state index in [1.807, 2.05) is 20.8 Å². The number of aromatic amines is 1. The maximum Gasteiger partial charge on any atom is 0.341 e. The molecular weight excluding hydrogens is 224 g/mol. The molecule has 0 bridgehead atoms. The molecule has 0 aliphatic heterocycles. The fraction of sp³-hybridized carbons (Fsp3) is 0.545. The number of nitrogens with one attached hydrogen (secondary N) is 1. The Balaban J connectivity index is 3.29. The molecule has 0 saturated heterocycles. The molecule has 0 aromatic carbocycles. The van der Waals surface area contributed by atoms with Gasteiger partial charge in [-0.15, -0.1) is 0 Å². The van der Waals surface area contributed by atoms with Crippen molar-refractivity contribution in [2.45, 2.75) is 33.1 Å². The first-order chi connectivity index (χ1) is 7.36. The summed E-state index contributed by atoms with van der Waals surface area (Å²) in [5, 5.41) is 0. The standard InChI is InChI=1S/C11H16N2O2S/c1-5-15-9(14)7-6-12-10(16)13-8(7)11(2,3)4/h6H,5H2,1-4H3,(H,12,13,16). The third-order valence-electron chi connectivity index (χ3n) is 2.06. The summed E-state index contributed by atoms with van der Waals surface area (Å²) in [5.41, 5.74) is 0.993. The van der Waals surface area contributed by atoms with Gasteiger partial charge in [-0.25, -0.2) is 9.78 Å². The van der Waals surface area contributed by atoms with E-state index in [9.17, 15) is 4.79 Å². The van der Waals surface area contributed by atoms with Crippen LogP contribution in [0, 0.1) is 4.77 Å². The predicted octanol–water partition coefficient (Wildman–Crippen LogP) is 2.61. The van der Waals surface area contributed by atoms with Crippen molar-refractivity contribution in [3.63, 3.8) is 0 Å². The van der Waals surface area contributed by atoms with Crippen LogP contribution in [0.1, 0.15) is 43.7 Å². The van der Waals surface area contributed by atoms with Gasteiger partial charge in [0.25, 0.3) is 0 Å². The van der Waals surface area contributed by atoms with Crippen molar-refractivity contribution in [1.29, 1.82) is 0 Å². The summed E-state index contributed by atoms with van der Waals surface area (Å²) in [7, 11) is 0. The molecule has 0 atom stereocenters. The number of H-pyrrole nitrogens is 1. The van der Waals surface area contributed by atoms with Crippen LogP contribution >= 0.6 is 12.2 Å². The van der Waals surface area contributed by atoms with Gasteiger partial charge in [0.05, 0.1) is 12.2 Å². The molecular formula is C11H16N2O2S. The van der Waals surface area contributed by atoms with Crippen molar-refractivity contribution in [2.24, 2.45) is 0 Å². The summed E-state index contributed by atoms with van der Waals surface area (Å²) < 4.78 is 5.34. The van der Waals surface area contributed by atoms with Crippen molar-refractivity contribution in [3.05, 3.63) is 22.2 Å². The van der Waals surface area contributed by atoms with Crippen LogP contribution in [0.25, 0.3) is 0 Å². The van der Waals surface area contributed by atoms with Crippen molar-refractivity contribution in [3.8, 4) is 0 Å². The molecule has 4 nitrogen and oxygen atoms in total. The largest absolute Gasteiger partial charge is 0.462 e. The zero-order valence-corrected chi connectivity index (χ0v) is 10.8. The molecule has 16 heavy (non-hydrogen) atoms. The van der Waals surface area contributed by atoms with E-state index < -0.39 is 0 Å². The van der Waals surface area contributed by atoms with Crippen molar-refractivity contribution in [1.82, 2.24) is 9.97 Å². The number of aromatic nitrogens is 2. The van der Waals surface area contributed by atoms with E-state index in [-0.39, 0.29) is 11.4 Å². The van der Waals surface area contributed by atoms with E-state index in [2.05, 4.69) is 9.97 Å². The van der Waals surface area contributed by atoms with E-state index >= 15 is 0 Å². The number of carbonyl (C=O) groups is 1. The number of hydrogen-bond acceptors (Lipinski definition) is 4. The molecule has 0 amide bonds. The van der Waals surface area contributed by atoms with Gasteiger partial charge in [0.2, 0.25) is 0 Å². The van der Waals surface area contributed by atoms with Crippen LogP contribution in [-0.2, 0) is 10.2 Å². The molecule has 0 unspecified atom stereocenters. The highest BCUT2D eigenvalue weighted by atomic mass is 32.1. The van der Waals surface area contributed by atoms with Crippen LogP contribution in [0.2, 0.25) is 0 Å². The van der Waals surface area contributed by atoms with E-state index in [0.717, 1.165) is 5.69 Å². The minimum Gasteiger partial charge on any atom is -0.462 e. The van der Waals surface area contributed by atoms with Gasteiger partial charge < -0.3 is 9.72 Å². The van der Waals surface area contributed by atoms with Crippen molar-refractivity contribution in [2.75, 3.05) is 6.61 Å².